The molecule has 1 aromatic carbocycles. The summed E-state index contributed by atoms with van der Waals surface area (Å²) >= 11 is 1.32. The number of hydrogen-bond donors (Lipinski definition) is 3. The van der Waals surface area contributed by atoms with E-state index in [4.69, 9.17) is 15.7 Å². The Balaban J connectivity index is 2.02. The summed E-state index contributed by atoms with van der Waals surface area (Å²) in [5.41, 5.74) is 5.90. The van der Waals surface area contributed by atoms with Gasteiger partial charge in [-0.15, -0.1) is 11.3 Å². The highest BCUT2D eigenvalue weighted by atomic mass is 32.1. The van der Waals surface area contributed by atoms with Crippen molar-refractivity contribution in [2.75, 3.05) is 11.9 Å². The van der Waals surface area contributed by atoms with Crippen molar-refractivity contribution in [3.63, 3.8) is 0 Å². The minimum Gasteiger partial charge on any atom is -0.485 e. The molecule has 1 amide bonds. The van der Waals surface area contributed by atoms with E-state index < -0.39 is 0 Å². The molecule has 0 radical (unpaired) electrons. The highest BCUT2D eigenvalue weighted by Crippen LogP contribution is 2.19. The van der Waals surface area contributed by atoms with E-state index in [9.17, 15) is 4.79 Å². The molecule has 0 saturated carbocycles. The lowest BCUT2D eigenvalue weighted by molar-refractivity contribution is 0.103. The zero-order valence-corrected chi connectivity index (χ0v) is 12.1. The van der Waals surface area contributed by atoms with Gasteiger partial charge in [-0.25, -0.2) is 4.98 Å². The Labute approximate surface area is 125 Å². The molecule has 0 aliphatic carbocycles. The molecule has 8 heteroatoms. The van der Waals surface area contributed by atoms with Crippen LogP contribution in [0, 0.1) is 6.92 Å². The summed E-state index contributed by atoms with van der Waals surface area (Å²) in [4.78, 5) is 16.6. The summed E-state index contributed by atoms with van der Waals surface area (Å²) in [5.74, 6) is 0.235. The maximum atomic E-state index is 12.0. The lowest BCUT2D eigenvalue weighted by Crippen LogP contribution is -2.20. The number of anilines is 1. The van der Waals surface area contributed by atoms with Gasteiger partial charge in [-0.2, -0.15) is 0 Å². The van der Waals surface area contributed by atoms with Gasteiger partial charge in [-0.1, -0.05) is 11.2 Å². The van der Waals surface area contributed by atoms with E-state index in [2.05, 4.69) is 15.5 Å². The van der Waals surface area contributed by atoms with Gasteiger partial charge in [-0.3, -0.25) is 4.79 Å². The highest BCUT2D eigenvalue weighted by Gasteiger charge is 2.09. The molecule has 2 aromatic rings. The lowest BCUT2D eigenvalue weighted by atomic mass is 10.3. The zero-order chi connectivity index (χ0) is 15.2. The molecule has 0 unspecified atom stereocenters. The Bertz CT molecular complexity index is 669. The van der Waals surface area contributed by atoms with Crippen molar-refractivity contribution in [1.29, 1.82) is 0 Å². The molecular formula is C13H14N4O3S. The summed E-state index contributed by atoms with van der Waals surface area (Å²) in [6.45, 7) is 1.80. The van der Waals surface area contributed by atoms with E-state index >= 15 is 0 Å². The van der Waals surface area contributed by atoms with Crippen LogP contribution in [0.2, 0.25) is 0 Å². The van der Waals surface area contributed by atoms with Gasteiger partial charge in [0.1, 0.15) is 17.2 Å². The molecule has 0 aliphatic rings. The van der Waals surface area contributed by atoms with Crippen LogP contribution in [-0.2, 0) is 0 Å². The Hall–Kier alpha value is -2.61. The minimum absolute atomic E-state index is 0.0374. The molecular weight excluding hydrogens is 292 g/mol. The van der Waals surface area contributed by atoms with E-state index in [1.807, 2.05) is 6.92 Å². The molecule has 21 heavy (non-hydrogen) atoms. The maximum Gasteiger partial charge on any atom is 0.267 e. The molecule has 4 N–H and O–H groups in total. The van der Waals surface area contributed by atoms with Gasteiger partial charge in [0.05, 0.1) is 11.2 Å². The smallest absolute Gasteiger partial charge is 0.267 e. The first-order valence-corrected chi connectivity index (χ1v) is 6.83. The summed E-state index contributed by atoms with van der Waals surface area (Å²) in [6.07, 6.45) is 1.54. The topological polar surface area (TPSA) is 110 Å². The second-order valence-corrected chi connectivity index (χ2v) is 5.34. The lowest BCUT2D eigenvalue weighted by Gasteiger charge is -2.08. The van der Waals surface area contributed by atoms with Gasteiger partial charge in [0.2, 0.25) is 0 Å². The average Bonchev–Trinajstić information content (AvgIpc) is 2.92. The van der Waals surface area contributed by atoms with Crippen LogP contribution in [0.25, 0.3) is 0 Å². The molecule has 0 fully saturated rings. The summed E-state index contributed by atoms with van der Waals surface area (Å²) in [5, 5.41) is 14.8. The third-order valence-electron chi connectivity index (χ3n) is 2.45. The molecule has 0 spiro atoms. The third-order valence-corrected chi connectivity index (χ3v) is 3.36. The first-order valence-electron chi connectivity index (χ1n) is 6.01. The number of oxime groups is 1. The Morgan fingerprint density at radius 3 is 3.05 bits per heavy atom. The molecule has 110 valence electrons. The van der Waals surface area contributed by atoms with Crippen LogP contribution in [0.15, 0.2) is 35.6 Å². The van der Waals surface area contributed by atoms with Crippen LogP contribution >= 0.6 is 11.3 Å². The fourth-order valence-electron chi connectivity index (χ4n) is 1.51. The third kappa shape index (κ3) is 4.18. The fourth-order valence-corrected chi connectivity index (χ4v) is 2.18. The number of hydrogen-bond acceptors (Lipinski definition) is 6. The van der Waals surface area contributed by atoms with Crippen LogP contribution in [0.3, 0.4) is 0 Å². The summed E-state index contributed by atoms with van der Waals surface area (Å²) < 4.78 is 5.31. The number of benzene rings is 1. The number of nitrogens with zero attached hydrogens (tertiary/aromatic N) is 2. The predicted molar refractivity (Wildman–Crippen MR) is 80.2 cm³/mol. The van der Waals surface area contributed by atoms with Gasteiger partial charge in [0, 0.05) is 11.8 Å². The number of amides is 1. The Morgan fingerprint density at radius 2 is 2.38 bits per heavy atom. The van der Waals surface area contributed by atoms with Crippen LogP contribution < -0.4 is 15.8 Å². The van der Waals surface area contributed by atoms with Crippen molar-refractivity contribution in [3.05, 3.63) is 40.3 Å². The molecule has 0 saturated heterocycles. The molecule has 2 rings (SSSR count). The number of ether oxygens (including phenoxy) is 1. The number of aromatic nitrogens is 1. The van der Waals surface area contributed by atoms with Crippen molar-refractivity contribution in [3.8, 4) is 5.75 Å². The van der Waals surface area contributed by atoms with Crippen LogP contribution in [0.5, 0.6) is 5.75 Å². The molecule has 0 atom stereocenters. The van der Waals surface area contributed by atoms with Gasteiger partial charge in [-0.05, 0) is 19.1 Å². The van der Waals surface area contributed by atoms with E-state index in [0.717, 1.165) is 5.01 Å². The highest BCUT2D eigenvalue weighted by molar-refractivity contribution is 7.13. The molecule has 0 aliphatic heterocycles. The second-order valence-electron chi connectivity index (χ2n) is 4.11. The number of nitrogens with one attached hydrogen (secondary N) is 1. The van der Waals surface area contributed by atoms with Crippen molar-refractivity contribution in [1.82, 2.24) is 4.98 Å². The second kappa shape index (κ2) is 6.71. The van der Waals surface area contributed by atoms with Crippen molar-refractivity contribution >= 4 is 28.8 Å². The van der Waals surface area contributed by atoms with E-state index in [0.29, 0.717) is 16.3 Å². The molecule has 0 bridgehead atoms. The number of rotatable bonds is 5. The largest absolute Gasteiger partial charge is 0.485 e. The number of nitrogens with two attached hydrogens (primary N) is 1. The van der Waals surface area contributed by atoms with Crippen LogP contribution in [-0.4, -0.2) is 28.5 Å². The number of carbonyl (C=O) groups is 1. The molecule has 1 aromatic heterocycles. The molecule has 7 nitrogen and oxygen atoms in total. The number of aryl methyl sites for hydroxylation is 1. The van der Waals surface area contributed by atoms with Gasteiger partial charge in [0.25, 0.3) is 5.91 Å². The Morgan fingerprint density at radius 1 is 1.57 bits per heavy atom. The number of amidine groups is 1. The number of carbonyl (C=O) groups excluding carboxylic acids is 1. The fraction of sp³-hybridized carbons (Fsp3) is 0.154. The minimum atomic E-state index is -0.228. The first-order chi connectivity index (χ1) is 10.1. The van der Waals surface area contributed by atoms with E-state index in [-0.39, 0.29) is 18.3 Å². The zero-order valence-electron chi connectivity index (χ0n) is 11.2. The van der Waals surface area contributed by atoms with Gasteiger partial charge < -0.3 is 21.0 Å². The molecule has 1 heterocycles. The quantitative estimate of drug-likeness (QED) is 0.338. The van der Waals surface area contributed by atoms with Crippen molar-refractivity contribution in [2.24, 2.45) is 10.9 Å². The Kier molecular flexibility index (Phi) is 4.72. The number of thiazole rings is 1. The monoisotopic (exact) mass is 306 g/mol. The first kappa shape index (κ1) is 14.8. The summed E-state index contributed by atoms with van der Waals surface area (Å²) in [7, 11) is 0. The van der Waals surface area contributed by atoms with Crippen LogP contribution in [0.1, 0.15) is 14.7 Å². The van der Waals surface area contributed by atoms with Crippen molar-refractivity contribution in [2.45, 2.75) is 6.92 Å². The SMILES string of the molecule is Cc1ncc(C(=O)Nc2cccc(OC/C(N)=N/O)c2)s1. The normalized spacial score (nSPS) is 11.2. The maximum absolute atomic E-state index is 12.0. The van der Waals surface area contributed by atoms with Crippen molar-refractivity contribution < 1.29 is 14.7 Å². The standard InChI is InChI=1S/C13H14N4O3S/c1-8-15-6-11(21-8)13(18)16-9-3-2-4-10(5-9)20-7-12(14)17-19/h2-6,19H,7H2,1H3,(H2,14,17)(H,16,18). The summed E-state index contributed by atoms with van der Waals surface area (Å²) in [6, 6.07) is 6.82. The predicted octanol–water partition coefficient (Wildman–Crippen LogP) is 1.83. The van der Waals surface area contributed by atoms with Gasteiger partial charge in [0.15, 0.2) is 5.84 Å². The van der Waals surface area contributed by atoms with E-state index in [1.165, 1.54) is 17.5 Å². The van der Waals surface area contributed by atoms with Gasteiger partial charge >= 0.3 is 0 Å². The van der Waals surface area contributed by atoms with Crippen LogP contribution in [0.4, 0.5) is 5.69 Å². The average molecular weight is 306 g/mol. The van der Waals surface area contributed by atoms with E-state index in [1.54, 1.807) is 24.3 Å².